The molecule has 1 aromatic carbocycles. The molecule has 2 atom stereocenters. The third kappa shape index (κ3) is 1.88. The van der Waals surface area contributed by atoms with E-state index >= 15 is 0 Å². The van der Waals surface area contributed by atoms with Crippen LogP contribution in [0.4, 0.5) is 14.5 Å². The van der Waals surface area contributed by atoms with Crippen molar-refractivity contribution in [2.24, 2.45) is 5.73 Å². The van der Waals surface area contributed by atoms with Crippen molar-refractivity contribution in [3.8, 4) is 0 Å². The molecule has 2 nitrogen and oxygen atoms in total. The number of piperidine rings is 2. The number of halogens is 2. The molecule has 0 aliphatic carbocycles. The largest absolute Gasteiger partial charge is 0.363 e. The molecule has 0 amide bonds. The lowest BCUT2D eigenvalue weighted by Gasteiger charge is -2.49. The molecule has 0 radical (unpaired) electrons. The molecular formula is C14H18F2N2. The Labute approximate surface area is 106 Å². The maximum Gasteiger partial charge on any atom is 0.182 e. The van der Waals surface area contributed by atoms with E-state index in [0.29, 0.717) is 5.69 Å². The summed E-state index contributed by atoms with van der Waals surface area (Å²) in [7, 11) is 0. The lowest BCUT2D eigenvalue weighted by Crippen LogP contribution is -2.55. The van der Waals surface area contributed by atoms with E-state index in [1.165, 1.54) is 6.07 Å². The van der Waals surface area contributed by atoms with Gasteiger partial charge in [0.2, 0.25) is 0 Å². The number of hydrogen-bond acceptors (Lipinski definition) is 2. The van der Waals surface area contributed by atoms with E-state index in [1.807, 2.05) is 0 Å². The van der Waals surface area contributed by atoms with Gasteiger partial charge in [-0.15, -0.1) is 0 Å². The summed E-state index contributed by atoms with van der Waals surface area (Å²) in [6.07, 6.45) is 4.98. The van der Waals surface area contributed by atoms with E-state index in [4.69, 9.17) is 5.73 Å². The van der Waals surface area contributed by atoms with E-state index in [1.54, 1.807) is 12.1 Å². The predicted octanol–water partition coefficient (Wildman–Crippen LogP) is 2.81. The molecule has 2 saturated heterocycles. The standard InChI is InChI=1S/C14H18F2N2/c15-12-5-2-6-13(14(12)16)18-10-3-1-4-11(18)8-9(17)7-10/h2,5-6,9-11H,1,3-4,7-8,17H2. The van der Waals surface area contributed by atoms with E-state index in [2.05, 4.69) is 4.90 Å². The van der Waals surface area contributed by atoms with Crippen LogP contribution in [0.5, 0.6) is 0 Å². The third-order valence-electron chi connectivity index (χ3n) is 4.22. The number of anilines is 1. The van der Waals surface area contributed by atoms with Crippen molar-refractivity contribution >= 4 is 5.69 Å². The number of nitrogens with two attached hydrogens (primary N) is 1. The smallest absolute Gasteiger partial charge is 0.182 e. The summed E-state index contributed by atoms with van der Waals surface area (Å²) in [5, 5.41) is 0. The molecular weight excluding hydrogens is 234 g/mol. The number of rotatable bonds is 1. The van der Waals surface area contributed by atoms with Crippen LogP contribution in [-0.4, -0.2) is 18.1 Å². The minimum Gasteiger partial charge on any atom is -0.363 e. The summed E-state index contributed by atoms with van der Waals surface area (Å²) >= 11 is 0. The van der Waals surface area contributed by atoms with Gasteiger partial charge < -0.3 is 10.6 Å². The van der Waals surface area contributed by atoms with Gasteiger partial charge in [-0.05, 0) is 44.2 Å². The monoisotopic (exact) mass is 252 g/mol. The maximum absolute atomic E-state index is 13.9. The third-order valence-corrected chi connectivity index (χ3v) is 4.22. The molecule has 2 unspecified atom stereocenters. The highest BCUT2D eigenvalue weighted by atomic mass is 19.2. The van der Waals surface area contributed by atoms with Crippen LogP contribution >= 0.6 is 0 Å². The number of benzene rings is 1. The highest BCUT2D eigenvalue weighted by molar-refractivity contribution is 5.51. The molecule has 2 bridgehead atoms. The Morgan fingerprint density at radius 3 is 2.44 bits per heavy atom. The fourth-order valence-electron chi connectivity index (χ4n) is 3.51. The Bertz CT molecular complexity index is 435. The Kier molecular flexibility index (Phi) is 2.98. The average Bonchev–Trinajstić information content (AvgIpc) is 2.32. The van der Waals surface area contributed by atoms with E-state index in [0.717, 1.165) is 32.1 Å². The molecule has 2 aliphatic rings. The van der Waals surface area contributed by atoms with Gasteiger partial charge in [-0.2, -0.15) is 0 Å². The van der Waals surface area contributed by atoms with Gasteiger partial charge in [0.05, 0.1) is 5.69 Å². The summed E-state index contributed by atoms with van der Waals surface area (Å²) < 4.78 is 27.3. The summed E-state index contributed by atoms with van der Waals surface area (Å²) in [4.78, 5) is 2.07. The van der Waals surface area contributed by atoms with Crippen molar-refractivity contribution in [2.45, 2.75) is 50.2 Å². The van der Waals surface area contributed by atoms with Gasteiger partial charge in [-0.25, -0.2) is 8.78 Å². The Morgan fingerprint density at radius 1 is 1.11 bits per heavy atom. The van der Waals surface area contributed by atoms with Gasteiger partial charge in [0.25, 0.3) is 0 Å². The molecule has 18 heavy (non-hydrogen) atoms. The van der Waals surface area contributed by atoms with Crippen LogP contribution in [0.25, 0.3) is 0 Å². The van der Waals surface area contributed by atoms with E-state index in [9.17, 15) is 8.78 Å². The van der Waals surface area contributed by atoms with Gasteiger partial charge in [0, 0.05) is 18.1 Å². The number of nitrogens with zero attached hydrogens (tertiary/aromatic N) is 1. The summed E-state index contributed by atoms with van der Waals surface area (Å²) in [5.74, 6) is -1.48. The molecule has 2 aliphatic heterocycles. The molecule has 0 spiro atoms. The molecule has 1 aromatic rings. The second kappa shape index (κ2) is 4.50. The Morgan fingerprint density at radius 2 is 1.78 bits per heavy atom. The Hall–Kier alpha value is -1.16. The zero-order valence-electron chi connectivity index (χ0n) is 10.3. The molecule has 98 valence electrons. The van der Waals surface area contributed by atoms with Gasteiger partial charge in [-0.3, -0.25) is 0 Å². The molecule has 4 heteroatoms. The molecule has 2 heterocycles. The van der Waals surface area contributed by atoms with E-state index in [-0.39, 0.29) is 18.1 Å². The summed E-state index contributed by atoms with van der Waals surface area (Å²) in [6.45, 7) is 0. The van der Waals surface area contributed by atoms with Gasteiger partial charge >= 0.3 is 0 Å². The SMILES string of the molecule is NC1CC2CCCC(C1)N2c1cccc(F)c1F. The highest BCUT2D eigenvalue weighted by Crippen LogP contribution is 2.38. The lowest BCUT2D eigenvalue weighted by molar-refractivity contribution is 0.268. The summed E-state index contributed by atoms with van der Waals surface area (Å²) in [6, 6.07) is 5.17. The first kappa shape index (κ1) is 11.9. The first-order valence-electron chi connectivity index (χ1n) is 6.64. The molecule has 0 aromatic heterocycles. The van der Waals surface area contributed by atoms with Crippen LogP contribution in [0.3, 0.4) is 0 Å². The first-order chi connectivity index (χ1) is 8.66. The van der Waals surface area contributed by atoms with Crippen molar-refractivity contribution < 1.29 is 8.78 Å². The predicted molar refractivity (Wildman–Crippen MR) is 67.5 cm³/mol. The van der Waals surface area contributed by atoms with Gasteiger partial charge in [0.1, 0.15) is 0 Å². The second-order valence-electron chi connectivity index (χ2n) is 5.45. The van der Waals surface area contributed by atoms with Crippen LogP contribution in [-0.2, 0) is 0 Å². The van der Waals surface area contributed by atoms with Gasteiger partial charge in [-0.1, -0.05) is 6.07 Å². The Balaban J connectivity index is 1.98. The molecule has 2 fully saturated rings. The fourth-order valence-corrected chi connectivity index (χ4v) is 3.51. The van der Waals surface area contributed by atoms with Crippen molar-refractivity contribution in [3.63, 3.8) is 0 Å². The van der Waals surface area contributed by atoms with Crippen LogP contribution < -0.4 is 10.6 Å². The maximum atomic E-state index is 13.9. The fraction of sp³-hybridized carbons (Fsp3) is 0.571. The van der Waals surface area contributed by atoms with Crippen LogP contribution in [0.15, 0.2) is 18.2 Å². The summed E-state index contributed by atoms with van der Waals surface area (Å²) in [5.41, 5.74) is 6.45. The second-order valence-corrected chi connectivity index (χ2v) is 5.45. The minimum absolute atomic E-state index is 0.202. The molecule has 2 N–H and O–H groups in total. The average molecular weight is 252 g/mol. The minimum atomic E-state index is -0.763. The highest BCUT2D eigenvalue weighted by Gasteiger charge is 2.38. The van der Waals surface area contributed by atoms with Crippen LogP contribution in [0, 0.1) is 11.6 Å². The van der Waals surface area contributed by atoms with Gasteiger partial charge in [0.15, 0.2) is 11.6 Å². The normalized spacial score (nSPS) is 31.5. The van der Waals surface area contributed by atoms with E-state index < -0.39 is 11.6 Å². The quantitative estimate of drug-likeness (QED) is 0.832. The zero-order chi connectivity index (χ0) is 12.7. The molecule has 3 rings (SSSR count). The number of fused-ring (bicyclic) bond motifs is 2. The van der Waals surface area contributed by atoms with Crippen molar-refractivity contribution in [1.29, 1.82) is 0 Å². The molecule has 0 saturated carbocycles. The zero-order valence-corrected chi connectivity index (χ0v) is 10.3. The van der Waals surface area contributed by atoms with Crippen molar-refractivity contribution in [3.05, 3.63) is 29.8 Å². The lowest BCUT2D eigenvalue weighted by atomic mass is 9.81. The van der Waals surface area contributed by atoms with Crippen LogP contribution in [0.2, 0.25) is 0 Å². The van der Waals surface area contributed by atoms with Crippen LogP contribution in [0.1, 0.15) is 32.1 Å². The number of hydrogen-bond donors (Lipinski definition) is 1. The topological polar surface area (TPSA) is 29.3 Å². The van der Waals surface area contributed by atoms with Crippen molar-refractivity contribution in [1.82, 2.24) is 0 Å². The van der Waals surface area contributed by atoms with Crippen molar-refractivity contribution in [2.75, 3.05) is 4.90 Å². The first-order valence-corrected chi connectivity index (χ1v) is 6.64.